The minimum absolute atomic E-state index is 0.702. The molecule has 0 unspecified atom stereocenters. The summed E-state index contributed by atoms with van der Waals surface area (Å²) in [6, 6.07) is 62.6. The van der Waals surface area contributed by atoms with E-state index >= 15 is 0 Å². The van der Waals surface area contributed by atoms with Gasteiger partial charge in [-0.3, -0.25) is 0 Å². The van der Waals surface area contributed by atoms with Gasteiger partial charge in [-0.25, -0.2) is 19.9 Å². The van der Waals surface area contributed by atoms with Gasteiger partial charge < -0.3 is 0 Å². The van der Waals surface area contributed by atoms with E-state index in [1.54, 1.807) is 0 Å². The number of nitrogens with zero attached hydrogens (tertiary/aromatic N) is 4. The highest BCUT2D eigenvalue weighted by Gasteiger charge is 2.15. The van der Waals surface area contributed by atoms with Crippen LogP contribution < -0.4 is 0 Å². The van der Waals surface area contributed by atoms with Crippen LogP contribution in [0.25, 0.3) is 89.4 Å². The molecule has 6 aromatic carbocycles. The van der Waals surface area contributed by atoms with Gasteiger partial charge in [-0.05, 0) is 29.3 Å². The Kier molecular flexibility index (Phi) is 7.45. The summed E-state index contributed by atoms with van der Waals surface area (Å²) >= 11 is 0. The normalized spacial score (nSPS) is 11.2. The fourth-order valence-corrected chi connectivity index (χ4v) is 6.53. The first kappa shape index (κ1) is 29.4. The SMILES string of the molecule is c1ccc(-c2cc(-c3ccc(-c4cc(-c5ccccc5)nc5c4ccc4ccc(-c6ccccc6)nc45)cc3)nc(-c3ccccc3)n2)cc1. The lowest BCUT2D eigenvalue weighted by atomic mass is 9.95. The van der Waals surface area contributed by atoms with Crippen molar-refractivity contribution >= 4 is 21.8 Å². The summed E-state index contributed by atoms with van der Waals surface area (Å²) in [7, 11) is 0. The third-order valence-corrected chi connectivity index (χ3v) is 9.10. The summed E-state index contributed by atoms with van der Waals surface area (Å²) in [6.45, 7) is 0. The fourth-order valence-electron chi connectivity index (χ4n) is 6.53. The molecule has 0 bridgehead atoms. The summed E-state index contributed by atoms with van der Waals surface area (Å²) < 4.78 is 0. The third kappa shape index (κ3) is 5.59. The highest BCUT2D eigenvalue weighted by molar-refractivity contribution is 6.09. The average molecular weight is 639 g/mol. The molecule has 0 aliphatic heterocycles. The molecule has 0 N–H and O–H groups in total. The van der Waals surface area contributed by atoms with Crippen LogP contribution in [0.2, 0.25) is 0 Å². The number of hydrogen-bond donors (Lipinski definition) is 0. The molecular weight excluding hydrogens is 609 g/mol. The van der Waals surface area contributed by atoms with Gasteiger partial charge in [0.2, 0.25) is 0 Å². The lowest BCUT2D eigenvalue weighted by Crippen LogP contribution is -1.96. The molecule has 3 aromatic heterocycles. The van der Waals surface area contributed by atoms with Gasteiger partial charge in [-0.15, -0.1) is 0 Å². The first-order chi connectivity index (χ1) is 24.8. The molecule has 3 heterocycles. The third-order valence-electron chi connectivity index (χ3n) is 9.10. The summed E-state index contributed by atoms with van der Waals surface area (Å²) in [5, 5.41) is 2.12. The van der Waals surface area contributed by atoms with Crippen molar-refractivity contribution < 1.29 is 0 Å². The molecule has 234 valence electrons. The average Bonchev–Trinajstić information content (AvgIpc) is 3.21. The zero-order chi connectivity index (χ0) is 33.3. The molecule has 0 aliphatic carbocycles. The van der Waals surface area contributed by atoms with Crippen LogP contribution >= 0.6 is 0 Å². The molecule has 4 nitrogen and oxygen atoms in total. The summed E-state index contributed by atoms with van der Waals surface area (Å²) in [6.07, 6.45) is 0. The first-order valence-corrected chi connectivity index (χ1v) is 16.7. The van der Waals surface area contributed by atoms with Gasteiger partial charge in [-0.1, -0.05) is 164 Å². The summed E-state index contributed by atoms with van der Waals surface area (Å²) in [5.41, 5.74) is 12.8. The highest BCUT2D eigenvalue weighted by Crippen LogP contribution is 2.37. The van der Waals surface area contributed by atoms with E-state index < -0.39 is 0 Å². The molecule has 0 atom stereocenters. The van der Waals surface area contributed by atoms with Crippen LogP contribution in [0.5, 0.6) is 0 Å². The number of benzene rings is 6. The smallest absolute Gasteiger partial charge is 0.160 e. The highest BCUT2D eigenvalue weighted by atomic mass is 14.9. The molecule has 0 fully saturated rings. The number of hydrogen-bond acceptors (Lipinski definition) is 4. The summed E-state index contributed by atoms with van der Waals surface area (Å²) in [4.78, 5) is 20.5. The van der Waals surface area contributed by atoms with E-state index in [1.807, 2.05) is 60.7 Å². The second-order valence-corrected chi connectivity index (χ2v) is 12.3. The standard InChI is InChI=1S/C46H30N4/c1-5-13-32(14-6-1)40-28-26-36-25-27-38-39(29-41(33-15-7-2-8-16-33)48-45(38)44(36)47-40)31-21-23-35(24-22-31)43-30-42(34-17-9-3-10-18-34)49-46(50-43)37-19-11-4-12-20-37/h1-30H. The van der Waals surface area contributed by atoms with Crippen LogP contribution in [0.3, 0.4) is 0 Å². The largest absolute Gasteiger partial charge is 0.245 e. The van der Waals surface area contributed by atoms with Crippen molar-refractivity contribution in [2.45, 2.75) is 0 Å². The maximum Gasteiger partial charge on any atom is 0.160 e. The van der Waals surface area contributed by atoms with E-state index in [0.29, 0.717) is 5.82 Å². The molecule has 0 saturated heterocycles. The van der Waals surface area contributed by atoms with Gasteiger partial charge in [0.15, 0.2) is 5.82 Å². The Labute approximate surface area is 290 Å². The van der Waals surface area contributed by atoms with Crippen LogP contribution in [0.4, 0.5) is 0 Å². The maximum absolute atomic E-state index is 5.26. The molecular formula is C46H30N4. The molecule has 0 spiro atoms. The second kappa shape index (κ2) is 12.7. The van der Waals surface area contributed by atoms with Crippen LogP contribution in [0, 0.1) is 0 Å². The topological polar surface area (TPSA) is 51.6 Å². The Morgan fingerprint density at radius 3 is 1.30 bits per heavy atom. The van der Waals surface area contributed by atoms with Crippen molar-refractivity contribution in [2.24, 2.45) is 0 Å². The Balaban J connectivity index is 1.20. The zero-order valence-corrected chi connectivity index (χ0v) is 27.1. The van der Waals surface area contributed by atoms with Crippen molar-refractivity contribution in [1.29, 1.82) is 0 Å². The van der Waals surface area contributed by atoms with Crippen molar-refractivity contribution in [2.75, 3.05) is 0 Å². The van der Waals surface area contributed by atoms with Gasteiger partial charge in [0.25, 0.3) is 0 Å². The minimum Gasteiger partial charge on any atom is -0.245 e. The zero-order valence-electron chi connectivity index (χ0n) is 27.1. The van der Waals surface area contributed by atoms with Gasteiger partial charge in [-0.2, -0.15) is 0 Å². The predicted octanol–water partition coefficient (Wildman–Crippen LogP) is 11.6. The van der Waals surface area contributed by atoms with Crippen LogP contribution in [0.15, 0.2) is 182 Å². The van der Waals surface area contributed by atoms with E-state index in [4.69, 9.17) is 19.9 Å². The van der Waals surface area contributed by atoms with Gasteiger partial charge >= 0.3 is 0 Å². The number of aromatic nitrogens is 4. The molecule has 0 aliphatic rings. The molecule has 50 heavy (non-hydrogen) atoms. The lowest BCUT2D eigenvalue weighted by molar-refractivity contribution is 1.18. The fraction of sp³-hybridized carbons (Fsp3) is 0. The summed E-state index contributed by atoms with van der Waals surface area (Å²) in [5.74, 6) is 0.702. The monoisotopic (exact) mass is 638 g/mol. The lowest BCUT2D eigenvalue weighted by Gasteiger charge is -2.14. The van der Waals surface area contributed by atoms with Crippen molar-refractivity contribution in [3.8, 4) is 67.5 Å². The van der Waals surface area contributed by atoms with E-state index in [9.17, 15) is 0 Å². The quantitative estimate of drug-likeness (QED) is 0.170. The minimum atomic E-state index is 0.702. The molecule has 9 aromatic rings. The number of fused-ring (bicyclic) bond motifs is 3. The van der Waals surface area contributed by atoms with Crippen molar-refractivity contribution in [3.05, 3.63) is 182 Å². The van der Waals surface area contributed by atoms with Crippen LogP contribution in [0.1, 0.15) is 0 Å². The Morgan fingerprint density at radius 1 is 0.280 bits per heavy atom. The number of pyridine rings is 2. The molecule has 9 rings (SSSR count). The van der Waals surface area contributed by atoms with E-state index in [1.165, 1.54) is 0 Å². The maximum atomic E-state index is 5.26. The van der Waals surface area contributed by atoms with E-state index in [2.05, 4.69) is 121 Å². The van der Waals surface area contributed by atoms with E-state index in [0.717, 1.165) is 83.5 Å². The first-order valence-electron chi connectivity index (χ1n) is 16.7. The molecule has 4 heteroatoms. The molecule has 0 amide bonds. The Hall–Kier alpha value is -6.78. The predicted molar refractivity (Wildman–Crippen MR) is 205 cm³/mol. The van der Waals surface area contributed by atoms with Crippen LogP contribution in [-0.2, 0) is 0 Å². The van der Waals surface area contributed by atoms with Gasteiger partial charge in [0.1, 0.15) is 0 Å². The molecule has 0 radical (unpaired) electrons. The van der Waals surface area contributed by atoms with Crippen molar-refractivity contribution in [3.63, 3.8) is 0 Å². The Bertz CT molecular complexity index is 2550. The van der Waals surface area contributed by atoms with Crippen molar-refractivity contribution in [1.82, 2.24) is 19.9 Å². The van der Waals surface area contributed by atoms with Crippen LogP contribution in [-0.4, -0.2) is 19.9 Å². The van der Waals surface area contributed by atoms with Gasteiger partial charge in [0, 0.05) is 38.6 Å². The second-order valence-electron chi connectivity index (χ2n) is 12.3. The Morgan fingerprint density at radius 2 is 0.720 bits per heavy atom. The molecule has 0 saturated carbocycles. The number of rotatable bonds is 6. The van der Waals surface area contributed by atoms with E-state index in [-0.39, 0.29) is 0 Å². The van der Waals surface area contributed by atoms with Gasteiger partial charge in [0.05, 0.1) is 33.8 Å².